The lowest BCUT2D eigenvalue weighted by Gasteiger charge is -2.23. The number of benzene rings is 1. The SMILES string of the molecule is Cc1c(S)cc(C(C)(C)C)c(Cl)c1C.F.F.F. The quantitative estimate of drug-likeness (QED) is 0.638. The molecule has 1 rings (SSSR count). The van der Waals surface area contributed by atoms with E-state index in [0.717, 1.165) is 15.5 Å². The third-order valence-electron chi connectivity index (χ3n) is 2.60. The van der Waals surface area contributed by atoms with E-state index in [-0.39, 0.29) is 19.5 Å². The van der Waals surface area contributed by atoms with Crippen LogP contribution in [0, 0.1) is 13.8 Å². The van der Waals surface area contributed by atoms with Gasteiger partial charge in [0, 0.05) is 9.92 Å². The minimum atomic E-state index is 0. The lowest BCUT2D eigenvalue weighted by molar-refractivity contribution is 0.588. The van der Waals surface area contributed by atoms with Gasteiger partial charge in [0.2, 0.25) is 0 Å². The molecule has 0 spiro atoms. The van der Waals surface area contributed by atoms with Crippen molar-refractivity contribution in [3.8, 4) is 0 Å². The molecule has 0 nitrogen and oxygen atoms in total. The minimum absolute atomic E-state index is 0. The van der Waals surface area contributed by atoms with Crippen LogP contribution in [0.5, 0.6) is 0 Å². The highest BCUT2D eigenvalue weighted by atomic mass is 35.5. The highest BCUT2D eigenvalue weighted by Gasteiger charge is 2.20. The lowest BCUT2D eigenvalue weighted by atomic mass is 9.85. The highest BCUT2D eigenvalue weighted by molar-refractivity contribution is 7.80. The maximum atomic E-state index is 6.32. The topological polar surface area (TPSA) is 0 Å². The summed E-state index contributed by atoms with van der Waals surface area (Å²) in [4.78, 5) is 1.02. The lowest BCUT2D eigenvalue weighted by Crippen LogP contribution is -2.13. The molecule has 0 saturated carbocycles. The van der Waals surface area contributed by atoms with Crippen molar-refractivity contribution in [3.63, 3.8) is 0 Å². The molecule has 0 aromatic heterocycles. The largest absolute Gasteiger partial charge is 0.269 e. The first-order chi connectivity index (χ1) is 6.25. The van der Waals surface area contributed by atoms with E-state index in [1.54, 1.807) is 0 Å². The predicted octanol–water partition coefficient (Wildman–Crippen LogP) is 5.00. The zero-order valence-electron chi connectivity index (χ0n) is 10.6. The van der Waals surface area contributed by atoms with E-state index in [2.05, 4.69) is 46.4 Å². The molecule has 1 aromatic carbocycles. The molecule has 0 amide bonds. The van der Waals surface area contributed by atoms with E-state index >= 15 is 0 Å². The smallest absolute Gasteiger partial charge is 0.0475 e. The Bertz CT molecular complexity index is 373. The van der Waals surface area contributed by atoms with Crippen molar-refractivity contribution < 1.29 is 14.1 Å². The molecule has 0 radical (unpaired) electrons. The van der Waals surface area contributed by atoms with Gasteiger partial charge in [0.05, 0.1) is 0 Å². The van der Waals surface area contributed by atoms with Crippen molar-refractivity contribution in [1.82, 2.24) is 0 Å². The van der Waals surface area contributed by atoms with Gasteiger partial charge in [0.1, 0.15) is 0 Å². The summed E-state index contributed by atoms with van der Waals surface area (Å²) in [6.07, 6.45) is 0. The van der Waals surface area contributed by atoms with Crippen LogP contribution < -0.4 is 0 Å². The van der Waals surface area contributed by atoms with E-state index < -0.39 is 0 Å². The molecule has 17 heavy (non-hydrogen) atoms. The Morgan fingerprint density at radius 1 is 1.00 bits per heavy atom. The summed E-state index contributed by atoms with van der Waals surface area (Å²) in [6, 6.07) is 2.08. The number of hydrogen-bond acceptors (Lipinski definition) is 1. The van der Waals surface area contributed by atoms with Crippen LogP contribution in [0.2, 0.25) is 5.02 Å². The molecule has 0 aliphatic rings. The molecule has 0 aliphatic carbocycles. The van der Waals surface area contributed by atoms with Crippen molar-refractivity contribution in [2.75, 3.05) is 0 Å². The zero-order chi connectivity index (χ0) is 11.1. The average molecular weight is 289 g/mol. The van der Waals surface area contributed by atoms with Crippen LogP contribution >= 0.6 is 24.2 Å². The van der Waals surface area contributed by atoms with Crippen LogP contribution in [0.4, 0.5) is 14.1 Å². The Morgan fingerprint density at radius 2 is 1.41 bits per heavy atom. The van der Waals surface area contributed by atoms with Gasteiger partial charge in [-0.15, -0.1) is 12.6 Å². The Balaban J connectivity index is -0.000000653. The molecule has 0 aliphatic heterocycles. The molecular formula is C12H20ClF3S. The molecule has 0 heterocycles. The summed E-state index contributed by atoms with van der Waals surface area (Å²) in [5.41, 5.74) is 3.57. The van der Waals surface area contributed by atoms with E-state index in [4.69, 9.17) is 11.6 Å². The van der Waals surface area contributed by atoms with E-state index in [0.29, 0.717) is 0 Å². The van der Waals surface area contributed by atoms with Gasteiger partial charge in [-0.05, 0) is 42.0 Å². The summed E-state index contributed by atoms with van der Waals surface area (Å²) in [5, 5.41) is 0.882. The predicted molar refractivity (Wildman–Crippen MR) is 74.4 cm³/mol. The van der Waals surface area contributed by atoms with Gasteiger partial charge in [0.25, 0.3) is 0 Å². The van der Waals surface area contributed by atoms with Crippen molar-refractivity contribution >= 4 is 24.2 Å². The number of rotatable bonds is 0. The van der Waals surface area contributed by atoms with Crippen molar-refractivity contribution in [1.29, 1.82) is 0 Å². The first-order valence-electron chi connectivity index (χ1n) is 4.74. The van der Waals surface area contributed by atoms with Gasteiger partial charge >= 0.3 is 0 Å². The van der Waals surface area contributed by atoms with Crippen LogP contribution in [0.1, 0.15) is 37.5 Å². The Labute approximate surface area is 111 Å². The molecule has 0 N–H and O–H groups in total. The molecule has 0 saturated heterocycles. The highest BCUT2D eigenvalue weighted by Crippen LogP contribution is 2.35. The van der Waals surface area contributed by atoms with E-state index in [1.807, 2.05) is 6.92 Å². The summed E-state index contributed by atoms with van der Waals surface area (Å²) >= 11 is 10.8. The second kappa shape index (κ2) is 7.17. The first-order valence-corrected chi connectivity index (χ1v) is 5.57. The van der Waals surface area contributed by atoms with Gasteiger partial charge in [-0.25, -0.2) is 0 Å². The Hall–Kier alpha value is -0.350. The molecule has 5 heteroatoms. The van der Waals surface area contributed by atoms with Crippen LogP contribution in [0.25, 0.3) is 0 Å². The monoisotopic (exact) mass is 288 g/mol. The Morgan fingerprint density at radius 3 is 1.76 bits per heavy atom. The summed E-state index contributed by atoms with van der Waals surface area (Å²) in [6.45, 7) is 10.6. The van der Waals surface area contributed by atoms with Gasteiger partial charge in [-0.1, -0.05) is 32.4 Å². The second-order valence-corrected chi connectivity index (χ2v) is 5.62. The van der Waals surface area contributed by atoms with Crippen molar-refractivity contribution in [2.24, 2.45) is 0 Å². The molecule has 0 atom stereocenters. The summed E-state index contributed by atoms with van der Waals surface area (Å²) in [5.74, 6) is 0. The number of hydrogen-bond donors (Lipinski definition) is 1. The first kappa shape index (κ1) is 21.9. The number of halogens is 4. The fourth-order valence-corrected chi connectivity index (χ4v) is 2.19. The zero-order valence-corrected chi connectivity index (χ0v) is 12.3. The van der Waals surface area contributed by atoms with Crippen LogP contribution in [-0.4, -0.2) is 0 Å². The molecule has 0 fully saturated rings. The third kappa shape index (κ3) is 4.43. The summed E-state index contributed by atoms with van der Waals surface area (Å²) < 4.78 is 0. The molecular weight excluding hydrogens is 269 g/mol. The summed E-state index contributed by atoms with van der Waals surface area (Å²) in [7, 11) is 0. The molecule has 0 bridgehead atoms. The van der Waals surface area contributed by atoms with Gasteiger partial charge < -0.3 is 0 Å². The maximum Gasteiger partial charge on any atom is 0.0475 e. The van der Waals surface area contributed by atoms with Crippen LogP contribution in [0.15, 0.2) is 11.0 Å². The third-order valence-corrected chi connectivity index (χ3v) is 3.55. The van der Waals surface area contributed by atoms with Gasteiger partial charge in [0.15, 0.2) is 0 Å². The van der Waals surface area contributed by atoms with E-state index in [9.17, 15) is 0 Å². The standard InChI is InChI=1S/C12H17ClS.3FH/c1-7-8(2)11(13)9(6-10(7)14)12(3,4)5;;;/h6,14H,1-5H3;3*1H. The Kier molecular flexibility index (Phi) is 9.23. The fourth-order valence-electron chi connectivity index (χ4n) is 1.41. The minimum Gasteiger partial charge on any atom is -0.269 e. The molecule has 102 valence electrons. The normalized spacial score (nSPS) is 9.82. The van der Waals surface area contributed by atoms with Gasteiger partial charge in [-0.3, -0.25) is 14.1 Å². The molecule has 0 unspecified atom stereocenters. The van der Waals surface area contributed by atoms with Crippen molar-refractivity contribution in [2.45, 2.75) is 44.9 Å². The average Bonchev–Trinajstić information content (AvgIpc) is 2.06. The van der Waals surface area contributed by atoms with E-state index in [1.165, 1.54) is 11.1 Å². The fraction of sp³-hybridized carbons (Fsp3) is 0.500. The van der Waals surface area contributed by atoms with Gasteiger partial charge in [-0.2, -0.15) is 0 Å². The maximum absolute atomic E-state index is 6.32. The number of thiol groups is 1. The van der Waals surface area contributed by atoms with Crippen LogP contribution in [0.3, 0.4) is 0 Å². The van der Waals surface area contributed by atoms with Crippen LogP contribution in [-0.2, 0) is 5.41 Å². The molecule has 1 aromatic rings. The second-order valence-electron chi connectivity index (χ2n) is 4.76. The van der Waals surface area contributed by atoms with Crippen molar-refractivity contribution in [3.05, 3.63) is 27.8 Å².